The van der Waals surface area contributed by atoms with Gasteiger partial charge in [0.1, 0.15) is 12.1 Å². The van der Waals surface area contributed by atoms with Gasteiger partial charge in [0.2, 0.25) is 0 Å². The maximum absolute atomic E-state index is 12.7. The maximum atomic E-state index is 12.7. The van der Waals surface area contributed by atoms with Gasteiger partial charge < -0.3 is 20.6 Å². The third-order valence-electron chi connectivity index (χ3n) is 3.39. The SMILES string of the molecule is C=CC(=N/C=C\C)N(CCC=O)C(=O)c1ccc(NC)c(N)c1.CCOC. The van der Waals surface area contributed by atoms with Gasteiger partial charge in [0.15, 0.2) is 0 Å². The second kappa shape index (κ2) is 14.3. The minimum atomic E-state index is -0.288. The first-order valence-electron chi connectivity index (χ1n) is 8.63. The van der Waals surface area contributed by atoms with Crippen LogP contribution in [-0.2, 0) is 9.53 Å². The number of nitrogen functional groups attached to an aromatic ring is 1. The van der Waals surface area contributed by atoms with Gasteiger partial charge in [0.25, 0.3) is 5.91 Å². The van der Waals surface area contributed by atoms with Crippen LogP contribution in [0, 0.1) is 0 Å². The maximum Gasteiger partial charge on any atom is 0.259 e. The molecular weight excluding hydrogens is 344 g/mol. The molecule has 0 heterocycles. The van der Waals surface area contributed by atoms with E-state index in [9.17, 15) is 9.59 Å². The number of ether oxygens (including phenoxy) is 1. The number of carbonyl (C=O) groups is 2. The summed E-state index contributed by atoms with van der Waals surface area (Å²) in [5.74, 6) is 0.0931. The molecule has 0 saturated carbocycles. The van der Waals surface area contributed by atoms with Crippen molar-refractivity contribution in [1.29, 1.82) is 0 Å². The molecule has 0 unspecified atom stereocenters. The lowest BCUT2D eigenvalue weighted by Crippen LogP contribution is -2.36. The van der Waals surface area contributed by atoms with E-state index in [1.807, 2.05) is 13.8 Å². The molecular formula is C20H30N4O3. The fraction of sp³-hybridized carbons (Fsp3) is 0.350. The number of aldehydes is 1. The lowest BCUT2D eigenvalue weighted by atomic mass is 10.1. The molecule has 1 aromatic rings. The molecule has 1 aromatic carbocycles. The number of hydrogen-bond acceptors (Lipinski definition) is 6. The van der Waals surface area contributed by atoms with Gasteiger partial charge in [0, 0.05) is 45.5 Å². The van der Waals surface area contributed by atoms with Crippen LogP contribution in [0.1, 0.15) is 30.6 Å². The molecule has 0 aliphatic carbocycles. The molecule has 0 aromatic heterocycles. The first-order valence-corrected chi connectivity index (χ1v) is 8.63. The monoisotopic (exact) mass is 374 g/mol. The van der Waals surface area contributed by atoms with Crippen LogP contribution in [0.2, 0.25) is 0 Å². The van der Waals surface area contributed by atoms with Gasteiger partial charge in [-0.2, -0.15) is 0 Å². The fourth-order valence-corrected chi connectivity index (χ4v) is 1.96. The van der Waals surface area contributed by atoms with Crippen LogP contribution in [0.5, 0.6) is 0 Å². The zero-order valence-corrected chi connectivity index (χ0v) is 16.6. The minimum absolute atomic E-state index is 0.207. The Morgan fingerprint density at radius 2 is 2.11 bits per heavy atom. The number of nitrogens with two attached hydrogens (primary N) is 1. The molecule has 0 fully saturated rings. The van der Waals surface area contributed by atoms with Crippen LogP contribution >= 0.6 is 0 Å². The fourth-order valence-electron chi connectivity index (χ4n) is 1.96. The Balaban J connectivity index is 0.00000153. The molecule has 0 spiro atoms. The van der Waals surface area contributed by atoms with Gasteiger partial charge in [0.05, 0.1) is 11.4 Å². The summed E-state index contributed by atoms with van der Waals surface area (Å²) in [6.45, 7) is 8.50. The molecule has 1 rings (SSSR count). The quantitative estimate of drug-likeness (QED) is 0.315. The highest BCUT2D eigenvalue weighted by Crippen LogP contribution is 2.20. The average Bonchev–Trinajstić information content (AvgIpc) is 2.70. The van der Waals surface area contributed by atoms with E-state index in [0.29, 0.717) is 17.1 Å². The van der Waals surface area contributed by atoms with E-state index in [4.69, 9.17) is 5.73 Å². The summed E-state index contributed by atoms with van der Waals surface area (Å²) < 4.78 is 4.54. The summed E-state index contributed by atoms with van der Waals surface area (Å²) in [5, 5.41) is 2.94. The lowest BCUT2D eigenvalue weighted by molar-refractivity contribution is -0.107. The van der Waals surface area contributed by atoms with Crippen molar-refractivity contribution >= 4 is 29.4 Å². The number of allylic oxidation sites excluding steroid dienone is 1. The summed E-state index contributed by atoms with van der Waals surface area (Å²) in [6.07, 6.45) is 5.75. The Kier molecular flexibility index (Phi) is 12.7. The molecule has 0 aliphatic heterocycles. The standard InChI is InChI=1S/C17H22N4O2.C3H8O/c1-4-9-20-16(5-2)21(10-6-11-22)17(23)13-7-8-15(19-3)14(18)12-13;1-3-4-2/h4-5,7-9,11-12,19H,2,6,10,18H2,1,3H3;3H2,1-2H3/b9-4-,20-16?;. The lowest BCUT2D eigenvalue weighted by Gasteiger charge is -2.22. The average molecular weight is 374 g/mol. The highest BCUT2D eigenvalue weighted by molar-refractivity contribution is 6.10. The van der Waals surface area contributed by atoms with Crippen LogP contribution in [-0.4, -0.2) is 50.2 Å². The van der Waals surface area contributed by atoms with Crippen LogP contribution in [0.15, 0.2) is 48.1 Å². The van der Waals surface area contributed by atoms with E-state index in [-0.39, 0.29) is 18.9 Å². The number of methoxy groups -OCH3 is 1. The number of nitrogens with one attached hydrogen (secondary N) is 1. The third kappa shape index (κ3) is 8.33. The van der Waals surface area contributed by atoms with Crippen molar-refractivity contribution in [3.63, 3.8) is 0 Å². The number of rotatable bonds is 8. The van der Waals surface area contributed by atoms with Gasteiger partial charge in [-0.05, 0) is 38.1 Å². The van der Waals surface area contributed by atoms with Crippen molar-refractivity contribution < 1.29 is 14.3 Å². The largest absolute Gasteiger partial charge is 0.397 e. The molecule has 7 nitrogen and oxygen atoms in total. The van der Waals surface area contributed by atoms with Crippen molar-refractivity contribution in [2.45, 2.75) is 20.3 Å². The minimum Gasteiger partial charge on any atom is -0.397 e. The highest BCUT2D eigenvalue weighted by Gasteiger charge is 2.19. The van der Waals surface area contributed by atoms with Crippen molar-refractivity contribution in [3.8, 4) is 0 Å². The van der Waals surface area contributed by atoms with Gasteiger partial charge in [-0.15, -0.1) is 0 Å². The normalized spacial score (nSPS) is 10.7. The van der Waals surface area contributed by atoms with Crippen molar-refractivity contribution in [2.24, 2.45) is 4.99 Å². The van der Waals surface area contributed by atoms with Gasteiger partial charge >= 0.3 is 0 Å². The predicted molar refractivity (Wildman–Crippen MR) is 112 cm³/mol. The number of carbonyl (C=O) groups excluding carboxylic acids is 2. The predicted octanol–water partition coefficient (Wildman–Crippen LogP) is 3.11. The van der Waals surface area contributed by atoms with Crippen molar-refractivity contribution in [1.82, 2.24) is 4.90 Å². The zero-order valence-electron chi connectivity index (χ0n) is 16.6. The van der Waals surface area contributed by atoms with Crippen LogP contribution in [0.3, 0.4) is 0 Å². The molecule has 0 aliphatic rings. The Bertz CT molecular complexity index is 667. The second-order valence-corrected chi connectivity index (χ2v) is 5.22. The van der Waals surface area contributed by atoms with Crippen molar-refractivity contribution in [3.05, 3.63) is 48.7 Å². The Labute approximate surface area is 161 Å². The van der Waals surface area contributed by atoms with E-state index < -0.39 is 0 Å². The number of amides is 1. The Hall–Kier alpha value is -2.93. The molecule has 3 N–H and O–H groups in total. The summed E-state index contributed by atoms with van der Waals surface area (Å²) in [7, 11) is 3.43. The summed E-state index contributed by atoms with van der Waals surface area (Å²) in [4.78, 5) is 29.0. The highest BCUT2D eigenvalue weighted by atomic mass is 16.5. The van der Waals surface area contributed by atoms with Crippen molar-refractivity contribution in [2.75, 3.05) is 38.4 Å². The zero-order chi connectivity index (χ0) is 20.7. The molecule has 0 bridgehead atoms. The van der Waals surface area contributed by atoms with E-state index in [2.05, 4.69) is 21.6 Å². The number of hydrogen-bond donors (Lipinski definition) is 2. The molecule has 0 saturated heterocycles. The van der Waals surface area contributed by atoms with Gasteiger partial charge in [-0.25, -0.2) is 4.99 Å². The van der Waals surface area contributed by atoms with Gasteiger partial charge in [-0.3, -0.25) is 9.69 Å². The number of aliphatic imine (C=N–C) groups is 1. The third-order valence-corrected chi connectivity index (χ3v) is 3.39. The van der Waals surface area contributed by atoms with E-state index in [1.54, 1.807) is 44.6 Å². The summed E-state index contributed by atoms with van der Waals surface area (Å²) >= 11 is 0. The molecule has 27 heavy (non-hydrogen) atoms. The molecule has 0 atom stereocenters. The summed E-state index contributed by atoms with van der Waals surface area (Å²) in [5.41, 5.74) is 7.54. The van der Waals surface area contributed by atoms with Crippen LogP contribution in [0.25, 0.3) is 0 Å². The van der Waals surface area contributed by atoms with E-state index in [0.717, 1.165) is 18.6 Å². The number of nitrogens with zero attached hydrogens (tertiary/aromatic N) is 2. The number of anilines is 2. The van der Waals surface area contributed by atoms with Crippen LogP contribution < -0.4 is 11.1 Å². The first kappa shape index (κ1) is 24.1. The number of benzene rings is 1. The Morgan fingerprint density at radius 3 is 2.56 bits per heavy atom. The van der Waals surface area contributed by atoms with Gasteiger partial charge in [-0.1, -0.05) is 12.7 Å². The topological polar surface area (TPSA) is 97.0 Å². The van der Waals surface area contributed by atoms with Crippen LogP contribution in [0.4, 0.5) is 11.4 Å². The second-order valence-electron chi connectivity index (χ2n) is 5.22. The molecule has 148 valence electrons. The molecule has 1 amide bonds. The summed E-state index contributed by atoms with van der Waals surface area (Å²) in [6, 6.07) is 5.00. The number of amidine groups is 1. The van der Waals surface area contributed by atoms with E-state index in [1.165, 1.54) is 11.0 Å². The smallest absolute Gasteiger partial charge is 0.259 e. The molecule has 7 heteroatoms. The first-order chi connectivity index (χ1) is 13.0. The molecule has 0 radical (unpaired) electrons. The Morgan fingerprint density at radius 1 is 1.44 bits per heavy atom. The van der Waals surface area contributed by atoms with E-state index >= 15 is 0 Å².